The van der Waals surface area contributed by atoms with E-state index in [2.05, 4.69) is 34.2 Å². The molecule has 1 N–H and O–H groups in total. The summed E-state index contributed by atoms with van der Waals surface area (Å²) in [7, 11) is 0. The minimum Gasteiger partial charge on any atom is -0.379 e. The van der Waals surface area contributed by atoms with Crippen LogP contribution in [0.1, 0.15) is 18.9 Å². The summed E-state index contributed by atoms with van der Waals surface area (Å²) in [5.74, 6) is 0.422. The average molecular weight is 331 g/mol. The lowest BCUT2D eigenvalue weighted by Crippen LogP contribution is -2.49. The van der Waals surface area contributed by atoms with E-state index in [9.17, 15) is 4.79 Å². The Morgan fingerprint density at radius 1 is 1.33 bits per heavy atom. The van der Waals surface area contributed by atoms with Crippen LogP contribution < -0.4 is 5.32 Å². The predicted molar refractivity (Wildman–Crippen MR) is 94.7 cm³/mol. The van der Waals surface area contributed by atoms with Crippen LogP contribution in [0.2, 0.25) is 0 Å². The lowest BCUT2D eigenvalue weighted by atomic mass is 10.0. The van der Waals surface area contributed by atoms with Crippen molar-refractivity contribution in [2.75, 3.05) is 45.9 Å². The van der Waals surface area contributed by atoms with Crippen LogP contribution in [0.15, 0.2) is 30.3 Å². The molecule has 3 rings (SSSR count). The van der Waals surface area contributed by atoms with Crippen LogP contribution in [0.5, 0.6) is 0 Å². The number of carbonyl (C=O) groups is 1. The molecule has 0 spiro atoms. The number of morpholine rings is 1. The van der Waals surface area contributed by atoms with Crippen LogP contribution in [-0.4, -0.2) is 67.7 Å². The van der Waals surface area contributed by atoms with Gasteiger partial charge in [-0.3, -0.25) is 9.69 Å². The van der Waals surface area contributed by atoms with Gasteiger partial charge in [0.05, 0.1) is 19.1 Å². The molecule has 1 amide bonds. The molecule has 2 atom stereocenters. The topological polar surface area (TPSA) is 44.8 Å². The maximum atomic E-state index is 13.1. The number of carbonyl (C=O) groups excluding carboxylic acids is 1. The van der Waals surface area contributed by atoms with Crippen LogP contribution >= 0.6 is 0 Å². The number of hydrogen-bond acceptors (Lipinski definition) is 4. The van der Waals surface area contributed by atoms with E-state index in [1.807, 2.05) is 18.2 Å². The normalized spacial score (nSPS) is 23.1. The van der Waals surface area contributed by atoms with Crippen molar-refractivity contribution in [2.45, 2.75) is 25.9 Å². The summed E-state index contributed by atoms with van der Waals surface area (Å²) in [6.07, 6.45) is 0.953. The molecule has 0 aliphatic carbocycles. The summed E-state index contributed by atoms with van der Waals surface area (Å²) in [4.78, 5) is 17.6. The fourth-order valence-electron chi connectivity index (χ4n) is 3.59. The molecule has 2 fully saturated rings. The van der Waals surface area contributed by atoms with Gasteiger partial charge in [0.25, 0.3) is 0 Å². The standard InChI is InChI=1S/C19H29N3O2/c1-16(14-21-9-11-24-12-10-21)22(15-17-5-3-2-4-6-17)19(23)18-7-8-20-13-18/h2-6,16,18,20H,7-15H2,1H3/t16-,18-/m1/s1. The van der Waals surface area contributed by atoms with E-state index in [0.29, 0.717) is 12.5 Å². The lowest BCUT2D eigenvalue weighted by molar-refractivity contribution is -0.138. The maximum Gasteiger partial charge on any atom is 0.227 e. The fourth-order valence-corrected chi connectivity index (χ4v) is 3.59. The minimum atomic E-state index is 0.126. The van der Waals surface area contributed by atoms with Gasteiger partial charge in [0.2, 0.25) is 5.91 Å². The van der Waals surface area contributed by atoms with Gasteiger partial charge in [-0.1, -0.05) is 30.3 Å². The Morgan fingerprint density at radius 3 is 2.75 bits per heavy atom. The Morgan fingerprint density at radius 2 is 2.08 bits per heavy atom. The summed E-state index contributed by atoms with van der Waals surface area (Å²) in [5.41, 5.74) is 1.20. The Bertz CT molecular complexity index is 511. The van der Waals surface area contributed by atoms with Crippen LogP contribution in [0.4, 0.5) is 0 Å². The zero-order valence-corrected chi connectivity index (χ0v) is 14.6. The Labute approximate surface area is 145 Å². The second-order valence-corrected chi connectivity index (χ2v) is 6.90. The molecular formula is C19H29N3O2. The van der Waals surface area contributed by atoms with Crippen molar-refractivity contribution in [1.82, 2.24) is 15.1 Å². The van der Waals surface area contributed by atoms with Crippen LogP contribution in [0.25, 0.3) is 0 Å². The van der Waals surface area contributed by atoms with E-state index in [-0.39, 0.29) is 12.0 Å². The van der Waals surface area contributed by atoms with Crippen LogP contribution in [0, 0.1) is 5.92 Å². The van der Waals surface area contributed by atoms with Gasteiger partial charge in [-0.25, -0.2) is 0 Å². The molecule has 0 bridgehead atoms. The van der Waals surface area contributed by atoms with Crippen molar-refractivity contribution in [1.29, 1.82) is 0 Å². The minimum absolute atomic E-state index is 0.126. The van der Waals surface area contributed by atoms with Crippen molar-refractivity contribution >= 4 is 5.91 Å². The van der Waals surface area contributed by atoms with Crippen molar-refractivity contribution in [3.8, 4) is 0 Å². The molecule has 2 aliphatic heterocycles. The average Bonchev–Trinajstić information content (AvgIpc) is 3.15. The Balaban J connectivity index is 1.68. The molecule has 2 heterocycles. The SMILES string of the molecule is C[C@H](CN1CCOCC1)N(Cc1ccccc1)C(=O)[C@@H]1CCNC1. The van der Waals surface area contributed by atoms with Crippen molar-refractivity contribution in [2.24, 2.45) is 5.92 Å². The van der Waals surface area contributed by atoms with E-state index in [1.165, 1.54) is 5.56 Å². The molecule has 2 aliphatic rings. The summed E-state index contributed by atoms with van der Waals surface area (Å²) in [6.45, 7) is 9.08. The van der Waals surface area contributed by atoms with E-state index in [0.717, 1.165) is 52.4 Å². The quantitative estimate of drug-likeness (QED) is 0.855. The summed E-state index contributed by atoms with van der Waals surface area (Å²) < 4.78 is 5.44. The molecule has 0 aromatic heterocycles. The number of rotatable bonds is 6. The third kappa shape index (κ3) is 4.56. The fraction of sp³-hybridized carbons (Fsp3) is 0.632. The number of nitrogens with zero attached hydrogens (tertiary/aromatic N) is 2. The molecule has 1 aromatic carbocycles. The summed E-state index contributed by atoms with van der Waals surface area (Å²) >= 11 is 0. The number of benzene rings is 1. The molecule has 5 nitrogen and oxygen atoms in total. The zero-order valence-electron chi connectivity index (χ0n) is 14.6. The highest BCUT2D eigenvalue weighted by Crippen LogP contribution is 2.18. The van der Waals surface area contributed by atoms with Gasteiger partial charge in [0.1, 0.15) is 0 Å². The van der Waals surface area contributed by atoms with Gasteiger partial charge < -0.3 is 15.0 Å². The number of ether oxygens (including phenoxy) is 1. The van der Waals surface area contributed by atoms with Crippen molar-refractivity contribution in [3.63, 3.8) is 0 Å². The van der Waals surface area contributed by atoms with E-state index in [1.54, 1.807) is 0 Å². The first kappa shape index (κ1) is 17.4. The number of amides is 1. The first-order valence-corrected chi connectivity index (χ1v) is 9.09. The molecular weight excluding hydrogens is 302 g/mol. The van der Waals surface area contributed by atoms with Gasteiger partial charge in [0, 0.05) is 38.8 Å². The van der Waals surface area contributed by atoms with Crippen molar-refractivity contribution in [3.05, 3.63) is 35.9 Å². The van der Waals surface area contributed by atoms with Crippen LogP contribution in [0.3, 0.4) is 0 Å². The summed E-state index contributed by atoms with van der Waals surface area (Å²) in [6, 6.07) is 10.5. The van der Waals surface area contributed by atoms with Gasteiger partial charge in [0.15, 0.2) is 0 Å². The summed E-state index contributed by atoms with van der Waals surface area (Å²) in [5, 5.41) is 3.32. The first-order valence-electron chi connectivity index (χ1n) is 9.09. The molecule has 0 unspecified atom stereocenters. The third-order valence-electron chi connectivity index (χ3n) is 5.05. The monoisotopic (exact) mass is 331 g/mol. The van der Waals surface area contributed by atoms with Gasteiger partial charge >= 0.3 is 0 Å². The number of hydrogen-bond donors (Lipinski definition) is 1. The third-order valence-corrected chi connectivity index (χ3v) is 5.05. The lowest BCUT2D eigenvalue weighted by Gasteiger charge is -2.36. The second-order valence-electron chi connectivity index (χ2n) is 6.90. The highest BCUT2D eigenvalue weighted by molar-refractivity contribution is 5.79. The van der Waals surface area contributed by atoms with E-state index < -0.39 is 0 Å². The first-order chi connectivity index (χ1) is 11.7. The van der Waals surface area contributed by atoms with Gasteiger partial charge in [-0.2, -0.15) is 0 Å². The van der Waals surface area contributed by atoms with Gasteiger partial charge in [-0.05, 0) is 25.5 Å². The predicted octanol–water partition coefficient (Wildman–Crippen LogP) is 1.35. The molecule has 0 radical (unpaired) electrons. The Hall–Kier alpha value is -1.43. The molecule has 2 saturated heterocycles. The Kier molecular flexibility index (Phi) is 6.24. The molecule has 1 aromatic rings. The van der Waals surface area contributed by atoms with E-state index in [4.69, 9.17) is 4.74 Å². The van der Waals surface area contributed by atoms with Crippen LogP contribution in [-0.2, 0) is 16.1 Å². The molecule has 132 valence electrons. The molecule has 0 saturated carbocycles. The molecule has 5 heteroatoms. The maximum absolute atomic E-state index is 13.1. The zero-order chi connectivity index (χ0) is 16.8. The number of nitrogens with one attached hydrogen (secondary N) is 1. The smallest absolute Gasteiger partial charge is 0.227 e. The van der Waals surface area contributed by atoms with Crippen molar-refractivity contribution < 1.29 is 9.53 Å². The highest BCUT2D eigenvalue weighted by atomic mass is 16.5. The van der Waals surface area contributed by atoms with E-state index >= 15 is 0 Å². The molecule has 24 heavy (non-hydrogen) atoms. The second kappa shape index (κ2) is 8.60. The largest absolute Gasteiger partial charge is 0.379 e. The highest BCUT2D eigenvalue weighted by Gasteiger charge is 2.30. The van der Waals surface area contributed by atoms with Gasteiger partial charge in [-0.15, -0.1) is 0 Å².